The van der Waals surface area contributed by atoms with Crippen LogP contribution in [0.1, 0.15) is 18.6 Å². The second-order valence-corrected chi connectivity index (χ2v) is 5.96. The second kappa shape index (κ2) is 11.7. The highest BCUT2D eigenvalue weighted by molar-refractivity contribution is 14.0. The summed E-state index contributed by atoms with van der Waals surface area (Å²) in [6.45, 7) is 1.63. The number of hydrogen-bond donors (Lipinski definition) is 2. The first-order valence-corrected chi connectivity index (χ1v) is 8.32. The molecule has 26 heavy (non-hydrogen) atoms. The van der Waals surface area contributed by atoms with E-state index in [0.29, 0.717) is 45.2 Å². The molecular formula is C16H26F3IN4O2. The zero-order chi connectivity index (χ0) is 18.1. The summed E-state index contributed by atoms with van der Waals surface area (Å²) in [5, 5.41) is 6.32. The van der Waals surface area contributed by atoms with Crippen molar-refractivity contribution in [2.45, 2.75) is 31.7 Å². The fourth-order valence-electron chi connectivity index (χ4n) is 2.68. The predicted octanol–water partition coefficient (Wildman–Crippen LogP) is 2.61. The molecule has 0 aliphatic carbocycles. The summed E-state index contributed by atoms with van der Waals surface area (Å²) in [7, 11) is 1.64. The van der Waals surface area contributed by atoms with Crippen molar-refractivity contribution in [1.29, 1.82) is 0 Å². The first-order chi connectivity index (χ1) is 12.0. The summed E-state index contributed by atoms with van der Waals surface area (Å²) in [5.41, 5.74) is 0. The highest BCUT2D eigenvalue weighted by Crippen LogP contribution is 2.19. The number of aliphatic imine (C=N–C) groups is 1. The number of guanidine groups is 1. The Morgan fingerprint density at radius 3 is 2.92 bits per heavy atom. The maximum atomic E-state index is 12.4. The zero-order valence-corrected chi connectivity index (χ0v) is 17.0. The van der Waals surface area contributed by atoms with Gasteiger partial charge in [-0.15, -0.1) is 24.0 Å². The molecule has 2 rings (SSSR count). The normalized spacial score (nSPS) is 18.6. The molecule has 1 aliphatic rings. The Kier molecular flexibility index (Phi) is 10.3. The van der Waals surface area contributed by atoms with Gasteiger partial charge in [-0.2, -0.15) is 13.2 Å². The van der Waals surface area contributed by atoms with Crippen molar-refractivity contribution in [3.05, 3.63) is 24.2 Å². The van der Waals surface area contributed by atoms with Crippen LogP contribution in [-0.4, -0.2) is 62.9 Å². The van der Waals surface area contributed by atoms with Gasteiger partial charge in [-0.1, -0.05) is 0 Å². The molecule has 1 aromatic heterocycles. The molecule has 0 amide bonds. The lowest BCUT2D eigenvalue weighted by molar-refractivity contribution is -0.143. The molecule has 150 valence electrons. The summed E-state index contributed by atoms with van der Waals surface area (Å²) < 4.78 is 47.9. The SMILES string of the molecule is CN=C(NCCCOCc1ccco1)NC1CCN(CC(F)(F)F)C1.I. The van der Waals surface area contributed by atoms with Gasteiger partial charge in [0.25, 0.3) is 0 Å². The molecule has 0 spiro atoms. The van der Waals surface area contributed by atoms with Crippen LogP contribution < -0.4 is 10.6 Å². The monoisotopic (exact) mass is 490 g/mol. The van der Waals surface area contributed by atoms with Gasteiger partial charge in [0.2, 0.25) is 0 Å². The van der Waals surface area contributed by atoms with Crippen molar-refractivity contribution < 1.29 is 22.3 Å². The molecule has 2 N–H and O–H groups in total. The Bertz CT molecular complexity index is 526. The van der Waals surface area contributed by atoms with E-state index in [-0.39, 0.29) is 30.0 Å². The smallest absolute Gasteiger partial charge is 0.401 e. The number of nitrogens with zero attached hydrogens (tertiary/aromatic N) is 2. The molecular weight excluding hydrogens is 464 g/mol. The van der Waals surface area contributed by atoms with Crippen LogP contribution >= 0.6 is 24.0 Å². The van der Waals surface area contributed by atoms with Crippen molar-refractivity contribution in [3.63, 3.8) is 0 Å². The van der Waals surface area contributed by atoms with E-state index in [4.69, 9.17) is 9.15 Å². The minimum atomic E-state index is -4.15. The Morgan fingerprint density at radius 1 is 1.46 bits per heavy atom. The van der Waals surface area contributed by atoms with Crippen molar-refractivity contribution >= 4 is 29.9 Å². The molecule has 1 saturated heterocycles. The molecule has 1 fully saturated rings. The van der Waals surface area contributed by atoms with E-state index in [0.717, 1.165) is 12.2 Å². The molecule has 1 aromatic rings. The molecule has 0 aromatic carbocycles. The van der Waals surface area contributed by atoms with Crippen LogP contribution in [0.2, 0.25) is 0 Å². The number of ether oxygens (including phenoxy) is 1. The van der Waals surface area contributed by atoms with Crippen molar-refractivity contribution in [1.82, 2.24) is 15.5 Å². The molecule has 1 atom stereocenters. The first kappa shape index (κ1) is 23.0. The van der Waals surface area contributed by atoms with E-state index in [1.807, 2.05) is 12.1 Å². The zero-order valence-electron chi connectivity index (χ0n) is 14.7. The number of halogens is 4. The average molecular weight is 490 g/mol. The van der Waals surface area contributed by atoms with E-state index in [1.54, 1.807) is 13.3 Å². The van der Waals surface area contributed by atoms with Gasteiger partial charge in [-0.3, -0.25) is 9.89 Å². The summed E-state index contributed by atoms with van der Waals surface area (Å²) >= 11 is 0. The quantitative estimate of drug-likeness (QED) is 0.254. The van der Waals surface area contributed by atoms with Gasteiger partial charge in [0.15, 0.2) is 5.96 Å². The molecule has 0 bridgehead atoms. The highest BCUT2D eigenvalue weighted by atomic mass is 127. The molecule has 10 heteroatoms. The van der Waals surface area contributed by atoms with Gasteiger partial charge < -0.3 is 19.8 Å². The third-order valence-electron chi connectivity index (χ3n) is 3.82. The number of hydrogen-bond acceptors (Lipinski definition) is 4. The standard InChI is InChI=1S/C16H25F3N4O2.HI/c1-20-15(21-6-3-8-24-11-14-4-2-9-25-14)22-13-5-7-23(10-13)12-16(17,18)19;/h2,4,9,13H,3,5-8,10-12H2,1H3,(H2,20,21,22);1H. The van der Waals surface area contributed by atoms with Crippen LogP contribution in [0.3, 0.4) is 0 Å². The number of likely N-dealkylation sites (tertiary alicyclic amines) is 1. The fraction of sp³-hybridized carbons (Fsp3) is 0.688. The van der Waals surface area contributed by atoms with Gasteiger partial charge in [0.1, 0.15) is 12.4 Å². The van der Waals surface area contributed by atoms with Crippen LogP contribution in [-0.2, 0) is 11.3 Å². The van der Waals surface area contributed by atoms with E-state index in [2.05, 4.69) is 15.6 Å². The van der Waals surface area contributed by atoms with E-state index >= 15 is 0 Å². The highest BCUT2D eigenvalue weighted by Gasteiger charge is 2.34. The number of alkyl halides is 3. The Balaban J connectivity index is 0.00000338. The van der Waals surface area contributed by atoms with Crippen molar-refractivity contribution in [3.8, 4) is 0 Å². The molecule has 0 saturated carbocycles. The van der Waals surface area contributed by atoms with Crippen molar-refractivity contribution in [2.75, 3.05) is 39.8 Å². The van der Waals surface area contributed by atoms with Gasteiger partial charge in [0, 0.05) is 39.3 Å². The minimum absolute atomic E-state index is 0. The van der Waals surface area contributed by atoms with Crippen LogP contribution in [0.15, 0.2) is 27.8 Å². The van der Waals surface area contributed by atoms with Gasteiger partial charge in [-0.25, -0.2) is 0 Å². The number of rotatable bonds is 8. The van der Waals surface area contributed by atoms with E-state index < -0.39 is 12.7 Å². The second-order valence-electron chi connectivity index (χ2n) is 5.96. The molecule has 1 unspecified atom stereocenters. The topological polar surface area (TPSA) is 62.0 Å². The van der Waals surface area contributed by atoms with E-state index in [1.165, 1.54) is 4.90 Å². The Hall–Kier alpha value is -1.01. The average Bonchev–Trinajstić information content (AvgIpc) is 3.20. The van der Waals surface area contributed by atoms with Gasteiger partial charge in [0.05, 0.1) is 12.8 Å². The van der Waals surface area contributed by atoms with Gasteiger partial charge in [-0.05, 0) is 25.0 Å². The van der Waals surface area contributed by atoms with Crippen LogP contribution in [0.4, 0.5) is 13.2 Å². The largest absolute Gasteiger partial charge is 0.467 e. The minimum Gasteiger partial charge on any atom is -0.467 e. The van der Waals surface area contributed by atoms with Crippen molar-refractivity contribution in [2.24, 2.45) is 4.99 Å². The Morgan fingerprint density at radius 2 is 2.27 bits per heavy atom. The molecule has 0 radical (unpaired) electrons. The number of nitrogens with one attached hydrogen (secondary N) is 2. The molecule has 2 heterocycles. The lowest BCUT2D eigenvalue weighted by Crippen LogP contribution is -2.45. The summed E-state index contributed by atoms with van der Waals surface area (Å²) in [6, 6.07) is 3.64. The van der Waals surface area contributed by atoms with Crippen LogP contribution in [0.5, 0.6) is 0 Å². The van der Waals surface area contributed by atoms with Crippen LogP contribution in [0.25, 0.3) is 0 Å². The third-order valence-corrected chi connectivity index (χ3v) is 3.82. The third kappa shape index (κ3) is 9.08. The fourth-order valence-corrected chi connectivity index (χ4v) is 2.68. The first-order valence-electron chi connectivity index (χ1n) is 8.32. The molecule has 1 aliphatic heterocycles. The molecule has 6 nitrogen and oxygen atoms in total. The van der Waals surface area contributed by atoms with E-state index in [9.17, 15) is 13.2 Å². The predicted molar refractivity (Wildman–Crippen MR) is 104 cm³/mol. The van der Waals surface area contributed by atoms with Gasteiger partial charge >= 0.3 is 6.18 Å². The maximum Gasteiger partial charge on any atom is 0.401 e. The van der Waals surface area contributed by atoms with Crippen LogP contribution in [0, 0.1) is 0 Å². The summed E-state index contributed by atoms with van der Waals surface area (Å²) in [5.74, 6) is 1.39. The summed E-state index contributed by atoms with van der Waals surface area (Å²) in [4.78, 5) is 5.52. The Labute approximate surface area is 168 Å². The number of furan rings is 1. The maximum absolute atomic E-state index is 12.4. The lowest BCUT2D eigenvalue weighted by Gasteiger charge is -2.19. The lowest BCUT2D eigenvalue weighted by atomic mass is 10.3. The summed E-state index contributed by atoms with van der Waals surface area (Å²) in [6.07, 6.45) is -1.09.